The Labute approximate surface area is 667 Å². The van der Waals surface area contributed by atoms with Crippen LogP contribution in [0.4, 0.5) is 29.3 Å². The molecule has 620 valence electrons. The summed E-state index contributed by atoms with van der Waals surface area (Å²) in [6.45, 7) is 32.9. The molecule has 112 heavy (non-hydrogen) atoms. The van der Waals surface area contributed by atoms with Crippen molar-refractivity contribution in [3.8, 4) is 11.8 Å². The van der Waals surface area contributed by atoms with Gasteiger partial charge in [0.25, 0.3) is 28.1 Å². The number of benzene rings is 2. The van der Waals surface area contributed by atoms with Crippen LogP contribution in [0.15, 0.2) is 83.8 Å². The van der Waals surface area contributed by atoms with E-state index in [1.165, 1.54) is 41.4 Å². The Hall–Kier alpha value is -7.03. The predicted octanol–water partition coefficient (Wildman–Crippen LogP) is 10.3. The highest BCUT2D eigenvalue weighted by Gasteiger charge is 2.48. The zero-order valence-electron chi connectivity index (χ0n) is 65.5. The zero-order valence-corrected chi connectivity index (χ0v) is 71.3. The van der Waals surface area contributed by atoms with E-state index in [9.17, 15) is 92.2 Å². The van der Waals surface area contributed by atoms with Crippen LogP contribution < -0.4 is 33.7 Å². The lowest BCUT2D eigenvalue weighted by Crippen LogP contribution is -2.48. The fourth-order valence-corrected chi connectivity index (χ4v) is 14.7. The van der Waals surface area contributed by atoms with E-state index >= 15 is 0 Å². The van der Waals surface area contributed by atoms with Gasteiger partial charge in [-0.3, -0.25) is 63.1 Å². The normalized spacial score (nSPS) is 20.8. The minimum atomic E-state index is -4.95. The van der Waals surface area contributed by atoms with Gasteiger partial charge in [0.1, 0.15) is 42.6 Å². The van der Waals surface area contributed by atoms with E-state index in [0.29, 0.717) is 26.7 Å². The number of hydrogen-bond acceptors (Lipinski definition) is 24. The highest BCUT2D eigenvalue weighted by molar-refractivity contribution is 14.1. The number of aromatic nitrogens is 6. The number of nitrogens with one attached hydrogen (secondary N) is 2. The maximum atomic E-state index is 13.6. The van der Waals surface area contributed by atoms with E-state index in [-0.39, 0.29) is 105 Å². The van der Waals surface area contributed by atoms with Crippen LogP contribution in [0, 0.1) is 47.5 Å². The number of nitrogens with zero attached hydrogens (tertiary/aromatic N) is 6. The van der Waals surface area contributed by atoms with E-state index in [2.05, 4.69) is 105 Å². The largest absolute Gasteiger partial charge is 0.450 e. The van der Waals surface area contributed by atoms with Crippen molar-refractivity contribution < 1.29 is 90.3 Å². The lowest BCUT2D eigenvalue weighted by atomic mass is 9.96. The standard InChI is InChI=1S/C27H49BrN2O7Si2.C26H28F3N3O9.C20H24IN3O8/c1-25(2,3)36-24(33)30-22(31)18(15-28)16-29(23(30)32)21-14-19(37-39(12,13)27(7,8)9)20(35-21)17-34-38(10,11)26(4,5)6;1-14(2)23(17-8-7-15(9-18(17)32(38)39)5-3-4-6-21(35)26(27,28)29)40-13-16-11-31(25(37)30-24(16)36)22-10-19(34)20(12-33)41-22;1-10(2)18(13-4-3-12(21)5-14(13)24(29)30)31-9-11-7-23(20(28)22-19(11)27)17-6-15(26)16(8-25)32-17/h16,19-21H,14-15,17H2,1-13H3;7-9,11,14,19-20,22-23,33-34H,4,6,10,12-13H2,1-2H3,(H,30,36,37);3-5,7,10,15-18,25-26H,6,8-9H2,1-2H3,(H,22,27,28)/t19-,20-,21-;19-,20-,22-,23-;15-,16-,17-,18-/m111/s1. The first kappa shape index (κ1) is 93.8. The Kier molecular flexibility index (Phi) is 32.3. The Morgan fingerprint density at radius 2 is 1.12 bits per heavy atom. The van der Waals surface area contributed by atoms with E-state index in [1.807, 2.05) is 36.4 Å². The van der Waals surface area contributed by atoms with Gasteiger partial charge < -0.3 is 57.7 Å². The van der Waals surface area contributed by atoms with Crippen LogP contribution in [-0.2, 0) is 60.6 Å². The van der Waals surface area contributed by atoms with E-state index in [4.69, 9.17) is 37.3 Å². The fraction of sp³-hybridized carbons (Fsp3) is 0.616. The van der Waals surface area contributed by atoms with Crippen molar-refractivity contribution in [3.63, 3.8) is 0 Å². The van der Waals surface area contributed by atoms with Gasteiger partial charge in [0.2, 0.25) is 5.78 Å². The number of hydrogen-bond donors (Lipinski definition) is 6. The molecule has 8 rings (SSSR count). The molecule has 0 unspecified atom stereocenters. The van der Waals surface area contributed by atoms with Crippen LogP contribution in [0.5, 0.6) is 0 Å². The molecule has 0 amide bonds. The summed E-state index contributed by atoms with van der Waals surface area (Å²) in [6.07, 6.45) is -11.3. The van der Waals surface area contributed by atoms with Gasteiger partial charge in [-0.1, -0.05) is 97.0 Å². The molecule has 6 N–H and O–H groups in total. The van der Waals surface area contributed by atoms with Crippen LogP contribution in [0.25, 0.3) is 0 Å². The molecule has 3 saturated heterocycles. The van der Waals surface area contributed by atoms with Gasteiger partial charge in [-0.05, 0) is 116 Å². The molecule has 3 fully saturated rings. The molecule has 0 bridgehead atoms. The summed E-state index contributed by atoms with van der Waals surface area (Å²) < 4.78 is 89.7. The number of Topliss-reactive ketones (excluding diaryl/α,β-unsaturated/α-hetero) is 1. The molecule has 0 radical (unpaired) electrons. The molecule has 0 spiro atoms. The minimum absolute atomic E-state index is 0.000618. The van der Waals surface area contributed by atoms with Gasteiger partial charge >= 0.3 is 29.3 Å². The maximum Gasteiger partial charge on any atom is 0.450 e. The topological polar surface area (TPSA) is 429 Å². The molecule has 3 aromatic heterocycles. The van der Waals surface area contributed by atoms with Gasteiger partial charge in [0, 0.05) is 82.9 Å². The first-order chi connectivity index (χ1) is 51.8. The van der Waals surface area contributed by atoms with Crippen molar-refractivity contribution in [2.24, 2.45) is 11.8 Å². The smallest absolute Gasteiger partial charge is 0.443 e. The Morgan fingerprint density at radius 1 is 0.679 bits per heavy atom. The van der Waals surface area contributed by atoms with Gasteiger partial charge in [-0.2, -0.15) is 17.7 Å². The zero-order chi connectivity index (χ0) is 84.4. The number of aromatic amines is 2. The molecular formula is C73H101BrF3IN8O24Si2. The Morgan fingerprint density at radius 3 is 1.54 bits per heavy atom. The number of aliphatic hydroxyl groups is 4. The van der Waals surface area contributed by atoms with Gasteiger partial charge in [-0.25, -0.2) is 19.2 Å². The first-order valence-electron chi connectivity index (χ1n) is 36.0. The Bertz CT molecular complexity index is 4630. The molecule has 39 heteroatoms. The number of nitro groups is 2. The summed E-state index contributed by atoms with van der Waals surface area (Å²) in [5, 5.41) is 62.0. The molecular weight excluding hydrogens is 1690 g/mol. The van der Waals surface area contributed by atoms with Crippen LogP contribution in [0.2, 0.25) is 36.3 Å². The lowest BCUT2D eigenvalue weighted by molar-refractivity contribution is -0.386. The summed E-state index contributed by atoms with van der Waals surface area (Å²) in [5.74, 6) is 2.54. The fourth-order valence-electron chi connectivity index (χ4n) is 11.4. The molecule has 0 aliphatic carbocycles. The average molecular weight is 1790 g/mol. The van der Waals surface area contributed by atoms with Crippen LogP contribution >= 0.6 is 38.5 Å². The van der Waals surface area contributed by atoms with Crippen molar-refractivity contribution in [3.05, 3.63) is 175 Å². The molecule has 5 aromatic rings. The lowest BCUT2D eigenvalue weighted by Gasteiger charge is -2.40. The quantitative estimate of drug-likeness (QED) is 0.00789. The van der Waals surface area contributed by atoms with Crippen LogP contribution in [0.3, 0.4) is 0 Å². The van der Waals surface area contributed by atoms with Crippen molar-refractivity contribution in [2.45, 2.75) is 256 Å². The molecule has 3 aliphatic heterocycles. The summed E-state index contributed by atoms with van der Waals surface area (Å²) in [7, 11) is -4.28. The highest BCUT2D eigenvalue weighted by atomic mass is 127. The number of ketones is 1. The van der Waals surface area contributed by atoms with Gasteiger partial charge in [-0.15, -0.1) is 0 Å². The maximum absolute atomic E-state index is 13.6. The number of carbonyl (C=O) groups is 2. The van der Waals surface area contributed by atoms with Crippen molar-refractivity contribution in [1.29, 1.82) is 0 Å². The predicted molar refractivity (Wildman–Crippen MR) is 420 cm³/mol. The van der Waals surface area contributed by atoms with E-state index in [0.717, 1.165) is 15.2 Å². The number of H-pyrrole nitrogens is 2. The van der Waals surface area contributed by atoms with Crippen molar-refractivity contribution in [2.75, 3.05) is 19.8 Å². The summed E-state index contributed by atoms with van der Waals surface area (Å²) in [4.78, 5) is 126. The van der Waals surface area contributed by atoms with E-state index in [1.54, 1.807) is 46.8 Å². The second kappa shape index (κ2) is 38.6. The van der Waals surface area contributed by atoms with Crippen molar-refractivity contribution >= 4 is 78.4 Å². The summed E-state index contributed by atoms with van der Waals surface area (Å²) >= 11 is 5.31. The number of aliphatic hydroxyl groups excluding tert-OH is 4. The third-order valence-corrected chi connectivity index (χ3v) is 29.9. The minimum Gasteiger partial charge on any atom is -0.443 e. The first-order valence-corrected chi connectivity index (χ1v) is 44.0. The third-order valence-electron chi connectivity index (χ3n) is 19.6. The Balaban J connectivity index is 0.000000264. The molecule has 6 heterocycles. The number of carbonyl (C=O) groups excluding carboxylic acids is 2. The summed E-state index contributed by atoms with van der Waals surface area (Å²) in [6, 6.07) is 8.80. The van der Waals surface area contributed by atoms with Gasteiger partial charge in [0.05, 0.1) is 95.7 Å². The summed E-state index contributed by atoms with van der Waals surface area (Å²) in [5.41, 5.74) is -4.72. The molecule has 11 atom stereocenters. The van der Waals surface area contributed by atoms with Gasteiger partial charge in [0.15, 0.2) is 16.6 Å². The number of nitro benzene ring substituents is 2. The molecule has 2 aromatic carbocycles. The molecule has 3 aliphatic rings. The monoisotopic (exact) mass is 1790 g/mol. The second-order valence-corrected chi connectivity index (χ2v) is 43.4. The number of halogens is 5. The molecule has 32 nitrogen and oxygen atoms in total. The van der Waals surface area contributed by atoms with E-state index < -0.39 is 165 Å². The SMILES string of the molecule is CC(C)(C)OC(=O)n1c(=O)c(CBr)cn([C@H]2C[C@@H](O[Si](C)(C)C(C)(C)C)[C@@H](CO[Si](C)(C)C(C)(C)C)O2)c1=O.CC(C)[C@@H](OCc1cn([C@H]2C[C@@H](O)[C@@H](CO)O2)c(=O)[nH]c1=O)c1ccc(C#CCCC(=O)C(F)(F)F)cc1[N+](=O)[O-].CC(C)[C@@H](OCc1cn([C@H]2C[C@@H](O)[C@@H](CO)O2)c(=O)[nH]c1=O)c1ccc(I)cc1[N+](=O)[O-]. The van der Waals surface area contributed by atoms with Crippen molar-refractivity contribution in [1.82, 2.24) is 28.2 Å². The number of ether oxygens (including phenoxy) is 6. The average Bonchev–Trinajstić information content (AvgIpc) is 1.74. The second-order valence-electron chi connectivity index (χ2n) is 32.0. The van der Waals surface area contributed by atoms with Crippen LogP contribution in [-0.4, -0.2) is 155 Å². The third kappa shape index (κ3) is 24.3. The number of rotatable bonds is 25. The van der Waals surface area contributed by atoms with Crippen LogP contribution in [0.1, 0.15) is 186 Å². The highest BCUT2D eigenvalue weighted by Crippen LogP contribution is 2.44. The number of alkyl halides is 4. The molecule has 0 saturated carbocycles.